The van der Waals surface area contributed by atoms with Crippen LogP contribution in [0.25, 0.3) is 0 Å². The maximum absolute atomic E-state index is 12.2. The van der Waals surface area contributed by atoms with Gasteiger partial charge in [-0.2, -0.15) is 0 Å². The zero-order chi connectivity index (χ0) is 17.7. The summed E-state index contributed by atoms with van der Waals surface area (Å²) < 4.78 is 5.29. The van der Waals surface area contributed by atoms with Gasteiger partial charge in [-0.05, 0) is 37.1 Å². The summed E-state index contributed by atoms with van der Waals surface area (Å²) in [4.78, 5) is 22.6. The highest BCUT2D eigenvalue weighted by Crippen LogP contribution is 2.23. The van der Waals surface area contributed by atoms with Crippen LogP contribution in [0.3, 0.4) is 0 Å². The van der Waals surface area contributed by atoms with E-state index in [0.29, 0.717) is 13.0 Å². The van der Waals surface area contributed by atoms with Gasteiger partial charge >= 0.3 is 0 Å². The van der Waals surface area contributed by atoms with Crippen LogP contribution >= 0.6 is 11.6 Å². The van der Waals surface area contributed by atoms with E-state index in [4.69, 9.17) is 16.3 Å². The molecule has 0 aliphatic carbocycles. The molecule has 0 unspecified atom stereocenters. The summed E-state index contributed by atoms with van der Waals surface area (Å²) in [6, 6.07) is 9.69. The van der Waals surface area contributed by atoms with E-state index in [9.17, 15) is 14.9 Å². The normalized spacial score (nSPS) is 10.3. The summed E-state index contributed by atoms with van der Waals surface area (Å²) in [7, 11) is 1.59. The highest BCUT2D eigenvalue weighted by Gasteiger charge is 2.20. The van der Waals surface area contributed by atoms with Crippen molar-refractivity contribution >= 4 is 23.2 Å². The molecule has 7 heteroatoms. The number of nitrogens with zero attached hydrogens (tertiary/aromatic N) is 1. The van der Waals surface area contributed by atoms with Crippen molar-refractivity contribution in [3.05, 3.63) is 68.2 Å². The Kier molecular flexibility index (Phi) is 5.76. The predicted octanol–water partition coefficient (Wildman–Crippen LogP) is 3.54. The Bertz CT molecular complexity index is 777. The number of carbonyl (C=O) groups is 1. The first-order valence-electron chi connectivity index (χ1n) is 7.28. The molecule has 0 radical (unpaired) electrons. The van der Waals surface area contributed by atoms with E-state index in [1.54, 1.807) is 7.11 Å². The first-order valence-corrected chi connectivity index (χ1v) is 7.66. The summed E-state index contributed by atoms with van der Waals surface area (Å²) in [5.41, 5.74) is 1.72. The Hall–Kier alpha value is -2.60. The van der Waals surface area contributed by atoms with Crippen molar-refractivity contribution in [3.63, 3.8) is 0 Å². The fourth-order valence-electron chi connectivity index (χ4n) is 2.36. The molecular weight excluding hydrogens is 332 g/mol. The third-order valence-electron chi connectivity index (χ3n) is 3.52. The Morgan fingerprint density at radius 3 is 2.71 bits per heavy atom. The van der Waals surface area contributed by atoms with Crippen LogP contribution in [0.2, 0.25) is 5.02 Å². The minimum atomic E-state index is -0.602. The lowest BCUT2D eigenvalue weighted by atomic mass is 10.1. The molecule has 2 aromatic rings. The van der Waals surface area contributed by atoms with Crippen LogP contribution < -0.4 is 10.1 Å². The van der Waals surface area contributed by atoms with Crippen LogP contribution in [0.4, 0.5) is 5.69 Å². The van der Waals surface area contributed by atoms with Gasteiger partial charge in [-0.1, -0.05) is 29.3 Å². The fourth-order valence-corrected chi connectivity index (χ4v) is 2.53. The number of methoxy groups -OCH3 is 1. The summed E-state index contributed by atoms with van der Waals surface area (Å²) in [6.07, 6.45) is 0.547. The molecular formula is C17H17ClN2O4. The molecule has 2 aromatic carbocycles. The first-order chi connectivity index (χ1) is 11.4. The van der Waals surface area contributed by atoms with Crippen molar-refractivity contribution in [2.45, 2.75) is 13.3 Å². The molecule has 0 saturated carbocycles. The molecule has 0 aliphatic rings. The van der Waals surface area contributed by atoms with Gasteiger partial charge in [-0.15, -0.1) is 0 Å². The molecule has 6 nitrogen and oxygen atoms in total. The fraction of sp³-hybridized carbons (Fsp3) is 0.235. The SMILES string of the molecule is COc1ccc(C)cc1CCNC(=O)c1cc(Cl)ccc1[N+](=O)[O-]. The maximum Gasteiger partial charge on any atom is 0.282 e. The van der Waals surface area contributed by atoms with Gasteiger partial charge in [0, 0.05) is 17.6 Å². The number of rotatable bonds is 6. The molecule has 1 N–H and O–H groups in total. The molecule has 2 rings (SSSR count). The molecule has 0 saturated heterocycles. The van der Waals surface area contributed by atoms with Crippen molar-refractivity contribution in [3.8, 4) is 5.75 Å². The number of ether oxygens (including phenoxy) is 1. The zero-order valence-corrected chi connectivity index (χ0v) is 14.1. The van der Waals surface area contributed by atoms with Gasteiger partial charge in [0.05, 0.1) is 12.0 Å². The Balaban J connectivity index is 2.08. The Morgan fingerprint density at radius 2 is 2.04 bits per heavy atom. The van der Waals surface area contributed by atoms with Crippen LogP contribution in [0.15, 0.2) is 36.4 Å². The summed E-state index contributed by atoms with van der Waals surface area (Å²) >= 11 is 5.83. The van der Waals surface area contributed by atoms with E-state index in [1.165, 1.54) is 18.2 Å². The third-order valence-corrected chi connectivity index (χ3v) is 3.75. The monoisotopic (exact) mass is 348 g/mol. The average molecular weight is 349 g/mol. The maximum atomic E-state index is 12.2. The number of carbonyl (C=O) groups excluding carboxylic acids is 1. The van der Waals surface area contributed by atoms with Gasteiger partial charge in [0.1, 0.15) is 11.3 Å². The number of aryl methyl sites for hydroxylation is 1. The lowest BCUT2D eigenvalue weighted by Crippen LogP contribution is -2.26. The smallest absolute Gasteiger partial charge is 0.282 e. The molecule has 0 aliphatic heterocycles. The lowest BCUT2D eigenvalue weighted by molar-refractivity contribution is -0.385. The van der Waals surface area contributed by atoms with E-state index < -0.39 is 10.8 Å². The Morgan fingerprint density at radius 1 is 1.29 bits per heavy atom. The van der Waals surface area contributed by atoms with E-state index >= 15 is 0 Å². The number of nitro benzene ring substituents is 1. The molecule has 0 heterocycles. The van der Waals surface area contributed by atoms with Crippen molar-refractivity contribution in [2.75, 3.05) is 13.7 Å². The average Bonchev–Trinajstić information content (AvgIpc) is 2.54. The zero-order valence-electron chi connectivity index (χ0n) is 13.3. The van der Waals surface area contributed by atoms with Gasteiger partial charge in [0.25, 0.3) is 11.6 Å². The van der Waals surface area contributed by atoms with Crippen LogP contribution in [0, 0.1) is 17.0 Å². The predicted molar refractivity (Wildman–Crippen MR) is 91.9 cm³/mol. The molecule has 126 valence electrons. The third kappa shape index (κ3) is 4.23. The van der Waals surface area contributed by atoms with E-state index in [0.717, 1.165) is 16.9 Å². The van der Waals surface area contributed by atoms with Crippen LogP contribution in [0.5, 0.6) is 5.75 Å². The van der Waals surface area contributed by atoms with E-state index in [1.807, 2.05) is 25.1 Å². The summed E-state index contributed by atoms with van der Waals surface area (Å²) in [5, 5.41) is 14.0. The van der Waals surface area contributed by atoms with Gasteiger partial charge in [0.15, 0.2) is 0 Å². The van der Waals surface area contributed by atoms with Gasteiger partial charge in [0.2, 0.25) is 0 Å². The molecule has 0 spiro atoms. The number of hydrogen-bond acceptors (Lipinski definition) is 4. The summed E-state index contributed by atoms with van der Waals surface area (Å²) in [5.74, 6) is 0.208. The van der Waals surface area contributed by atoms with Crippen molar-refractivity contribution in [1.82, 2.24) is 5.32 Å². The molecule has 1 amide bonds. The quantitative estimate of drug-likeness (QED) is 0.639. The molecule has 0 aromatic heterocycles. The van der Waals surface area contributed by atoms with Gasteiger partial charge in [-0.25, -0.2) is 0 Å². The second-order valence-corrected chi connectivity index (χ2v) is 5.68. The molecule has 0 atom stereocenters. The van der Waals surface area contributed by atoms with E-state index in [-0.39, 0.29) is 16.3 Å². The molecule has 24 heavy (non-hydrogen) atoms. The minimum Gasteiger partial charge on any atom is -0.496 e. The number of hydrogen-bond donors (Lipinski definition) is 1. The van der Waals surface area contributed by atoms with Gasteiger partial charge < -0.3 is 10.1 Å². The first kappa shape index (κ1) is 17.7. The highest BCUT2D eigenvalue weighted by molar-refractivity contribution is 6.31. The van der Waals surface area contributed by atoms with Crippen LogP contribution in [0.1, 0.15) is 21.5 Å². The largest absolute Gasteiger partial charge is 0.496 e. The minimum absolute atomic E-state index is 0.0521. The van der Waals surface area contributed by atoms with Crippen molar-refractivity contribution in [1.29, 1.82) is 0 Å². The van der Waals surface area contributed by atoms with Crippen LogP contribution in [-0.2, 0) is 6.42 Å². The van der Waals surface area contributed by atoms with Crippen molar-refractivity contribution in [2.24, 2.45) is 0 Å². The Labute approximate surface area is 144 Å². The highest BCUT2D eigenvalue weighted by atomic mass is 35.5. The van der Waals surface area contributed by atoms with Crippen LogP contribution in [-0.4, -0.2) is 24.5 Å². The lowest BCUT2D eigenvalue weighted by Gasteiger charge is -2.10. The number of halogens is 1. The van der Waals surface area contributed by atoms with E-state index in [2.05, 4.69) is 5.32 Å². The topological polar surface area (TPSA) is 81.5 Å². The number of amides is 1. The van der Waals surface area contributed by atoms with Gasteiger partial charge in [-0.3, -0.25) is 14.9 Å². The second-order valence-electron chi connectivity index (χ2n) is 5.24. The number of benzene rings is 2. The second kappa shape index (κ2) is 7.79. The summed E-state index contributed by atoms with van der Waals surface area (Å²) in [6.45, 7) is 2.29. The molecule has 0 bridgehead atoms. The number of nitrogens with one attached hydrogen (secondary N) is 1. The molecule has 0 fully saturated rings. The number of nitro groups is 1. The van der Waals surface area contributed by atoms with Crippen molar-refractivity contribution < 1.29 is 14.5 Å². The standard InChI is InChI=1S/C17H17ClN2O4/c1-11-3-6-16(24-2)12(9-11)7-8-19-17(21)14-10-13(18)4-5-15(14)20(22)23/h3-6,9-10H,7-8H2,1-2H3,(H,19,21).